The Hall–Kier alpha value is -2.37. The van der Waals surface area contributed by atoms with Crippen LogP contribution in [0.15, 0.2) is 45.3 Å². The number of sulfonamides is 1. The molecule has 1 aromatic heterocycles. The van der Waals surface area contributed by atoms with E-state index in [0.29, 0.717) is 36.3 Å². The topological polar surface area (TPSA) is 122 Å². The molecule has 1 aliphatic heterocycles. The number of nitrogens with zero attached hydrogens (tertiary/aromatic N) is 3. The maximum absolute atomic E-state index is 12.2. The van der Waals surface area contributed by atoms with Gasteiger partial charge in [0.25, 0.3) is 11.9 Å². The van der Waals surface area contributed by atoms with Crippen LogP contribution in [0.2, 0.25) is 0 Å². The van der Waals surface area contributed by atoms with Crippen LogP contribution in [0, 0.1) is 0 Å². The highest BCUT2D eigenvalue weighted by Crippen LogP contribution is 2.29. The number of aromatic nitrogens is 1. The van der Waals surface area contributed by atoms with Crippen LogP contribution >= 0.6 is 15.9 Å². The Morgan fingerprint density at radius 3 is 2.63 bits per heavy atom. The van der Waals surface area contributed by atoms with Crippen molar-refractivity contribution < 1.29 is 17.6 Å². The van der Waals surface area contributed by atoms with E-state index < -0.39 is 15.9 Å². The van der Waals surface area contributed by atoms with Gasteiger partial charge in [0.2, 0.25) is 10.0 Å². The molecular weight excluding hydrogens is 438 g/mol. The monoisotopic (exact) mass is 455 g/mol. The summed E-state index contributed by atoms with van der Waals surface area (Å²) in [4.78, 5) is 18.1. The van der Waals surface area contributed by atoms with Gasteiger partial charge in [0.15, 0.2) is 5.69 Å². The maximum atomic E-state index is 12.2. The molecule has 0 spiro atoms. The quantitative estimate of drug-likeness (QED) is 0.705. The van der Waals surface area contributed by atoms with Crippen LogP contribution in [0.3, 0.4) is 0 Å². The second kappa shape index (κ2) is 7.71. The molecule has 9 nitrogen and oxygen atoms in total. The minimum atomic E-state index is -3.41. The summed E-state index contributed by atoms with van der Waals surface area (Å²) in [5, 5.41) is 3.72. The van der Waals surface area contributed by atoms with E-state index in [2.05, 4.69) is 32.8 Å². The summed E-state index contributed by atoms with van der Waals surface area (Å²) in [7, 11) is -3.41. The van der Waals surface area contributed by atoms with E-state index in [1.807, 2.05) is 23.1 Å². The zero-order chi connectivity index (χ0) is 19.6. The number of rotatable bonds is 5. The molecule has 3 N–H and O–H groups in total. The predicted molar refractivity (Wildman–Crippen MR) is 106 cm³/mol. The number of nitrogen functional groups attached to an aromatic ring is 1. The third kappa shape index (κ3) is 4.31. The normalized spacial score (nSPS) is 15.5. The van der Waals surface area contributed by atoms with Gasteiger partial charge in [-0.3, -0.25) is 4.79 Å². The average molecular weight is 456 g/mol. The molecule has 1 aromatic carbocycles. The van der Waals surface area contributed by atoms with E-state index in [1.165, 1.54) is 10.6 Å². The number of nitrogens with two attached hydrogens (primary N) is 1. The van der Waals surface area contributed by atoms with Crippen LogP contribution in [-0.4, -0.2) is 49.8 Å². The van der Waals surface area contributed by atoms with Gasteiger partial charge in [-0.1, -0.05) is 6.58 Å². The number of hydrogen-bond acceptors (Lipinski definition) is 7. The highest BCUT2D eigenvalue weighted by molar-refractivity contribution is 9.10. The van der Waals surface area contributed by atoms with Crippen molar-refractivity contribution in [1.29, 1.82) is 0 Å². The predicted octanol–water partition coefficient (Wildman–Crippen LogP) is 1.87. The van der Waals surface area contributed by atoms with Crippen LogP contribution in [0.5, 0.6) is 0 Å². The largest absolute Gasteiger partial charge is 0.431 e. The SMILES string of the molecule is C=CS(=O)(=O)N1CCN(c2ccc(Br)c(NC(=O)c3coc(N)n3)c2)CC1. The highest BCUT2D eigenvalue weighted by Gasteiger charge is 2.25. The number of anilines is 3. The number of amides is 1. The lowest BCUT2D eigenvalue weighted by atomic mass is 10.2. The molecule has 0 bridgehead atoms. The van der Waals surface area contributed by atoms with E-state index >= 15 is 0 Å². The van der Waals surface area contributed by atoms with Crippen molar-refractivity contribution in [2.75, 3.05) is 42.1 Å². The van der Waals surface area contributed by atoms with Gasteiger partial charge < -0.3 is 20.4 Å². The first-order valence-electron chi connectivity index (χ1n) is 7.99. The van der Waals surface area contributed by atoms with Crippen molar-refractivity contribution in [3.05, 3.63) is 46.6 Å². The van der Waals surface area contributed by atoms with E-state index in [1.54, 1.807) is 0 Å². The minimum absolute atomic E-state index is 0.0769. The Morgan fingerprint density at radius 2 is 2.04 bits per heavy atom. The smallest absolute Gasteiger partial charge is 0.292 e. The van der Waals surface area contributed by atoms with Crippen molar-refractivity contribution in [2.45, 2.75) is 0 Å². The van der Waals surface area contributed by atoms with E-state index in [-0.39, 0.29) is 11.7 Å². The molecule has 0 aliphatic carbocycles. The lowest BCUT2D eigenvalue weighted by molar-refractivity contribution is 0.102. The molecule has 2 aromatic rings. The van der Waals surface area contributed by atoms with Crippen molar-refractivity contribution in [3.63, 3.8) is 0 Å². The van der Waals surface area contributed by atoms with Gasteiger partial charge in [0.05, 0.1) is 5.69 Å². The van der Waals surface area contributed by atoms with Crippen LogP contribution in [0.4, 0.5) is 17.4 Å². The molecule has 0 unspecified atom stereocenters. The highest BCUT2D eigenvalue weighted by atomic mass is 79.9. The van der Waals surface area contributed by atoms with Gasteiger partial charge in [-0.2, -0.15) is 9.29 Å². The van der Waals surface area contributed by atoms with Gasteiger partial charge >= 0.3 is 0 Å². The van der Waals surface area contributed by atoms with Crippen LogP contribution in [0.1, 0.15) is 10.5 Å². The first-order chi connectivity index (χ1) is 12.8. The Labute approximate surface area is 165 Å². The summed E-state index contributed by atoms with van der Waals surface area (Å²) in [6.07, 6.45) is 1.18. The summed E-state index contributed by atoms with van der Waals surface area (Å²) < 4.78 is 30.7. The summed E-state index contributed by atoms with van der Waals surface area (Å²) in [6.45, 7) is 5.14. The first-order valence-corrected chi connectivity index (χ1v) is 10.3. The van der Waals surface area contributed by atoms with Gasteiger partial charge in [-0.05, 0) is 34.1 Å². The maximum Gasteiger partial charge on any atom is 0.292 e. The van der Waals surface area contributed by atoms with Crippen LogP contribution < -0.4 is 16.0 Å². The third-order valence-electron chi connectivity index (χ3n) is 4.13. The van der Waals surface area contributed by atoms with Crippen LogP contribution in [-0.2, 0) is 10.0 Å². The van der Waals surface area contributed by atoms with E-state index in [0.717, 1.165) is 11.1 Å². The van der Waals surface area contributed by atoms with Gasteiger partial charge in [-0.25, -0.2) is 8.42 Å². The minimum Gasteiger partial charge on any atom is -0.431 e. The number of carbonyl (C=O) groups is 1. The molecule has 2 heterocycles. The first kappa shape index (κ1) is 19.4. The fraction of sp³-hybridized carbons (Fsp3) is 0.250. The number of halogens is 1. The van der Waals surface area contributed by atoms with Crippen LogP contribution in [0.25, 0.3) is 0 Å². The molecule has 1 fully saturated rings. The Morgan fingerprint density at radius 1 is 1.33 bits per heavy atom. The molecule has 1 aliphatic rings. The summed E-state index contributed by atoms with van der Waals surface area (Å²) in [5.74, 6) is -0.449. The molecule has 0 saturated carbocycles. The lowest BCUT2D eigenvalue weighted by Crippen LogP contribution is -2.48. The van der Waals surface area contributed by atoms with Gasteiger partial charge in [0.1, 0.15) is 6.26 Å². The number of piperazine rings is 1. The molecule has 3 rings (SSSR count). The lowest BCUT2D eigenvalue weighted by Gasteiger charge is -2.35. The van der Waals surface area contributed by atoms with E-state index in [9.17, 15) is 13.2 Å². The van der Waals surface area contributed by atoms with Crippen molar-refractivity contribution in [3.8, 4) is 0 Å². The van der Waals surface area contributed by atoms with Crippen molar-refractivity contribution in [1.82, 2.24) is 9.29 Å². The second-order valence-electron chi connectivity index (χ2n) is 5.79. The number of nitrogens with one attached hydrogen (secondary N) is 1. The van der Waals surface area contributed by atoms with E-state index in [4.69, 9.17) is 10.2 Å². The number of oxazole rings is 1. The number of hydrogen-bond donors (Lipinski definition) is 2. The summed E-state index contributed by atoms with van der Waals surface area (Å²) in [6, 6.07) is 5.43. The Kier molecular flexibility index (Phi) is 5.53. The third-order valence-corrected chi connectivity index (χ3v) is 6.32. The average Bonchev–Trinajstić information content (AvgIpc) is 3.10. The molecule has 1 amide bonds. The Balaban J connectivity index is 1.72. The fourth-order valence-electron chi connectivity index (χ4n) is 2.69. The molecule has 11 heteroatoms. The standard InChI is InChI=1S/C16H18BrN5O4S/c1-2-27(24,25)22-7-5-21(6-8-22)11-3-4-12(17)13(9-11)19-15(23)14-10-26-16(18)20-14/h2-4,9-10H,1,5-8H2,(H2,18,20)(H,19,23). The number of benzene rings is 1. The fourth-order valence-corrected chi connectivity index (χ4v) is 3.92. The molecular formula is C16H18BrN5O4S. The molecule has 1 saturated heterocycles. The molecule has 0 atom stereocenters. The van der Waals surface area contributed by atoms with Crippen molar-refractivity contribution in [2.24, 2.45) is 0 Å². The summed E-state index contributed by atoms with van der Waals surface area (Å²) >= 11 is 3.41. The zero-order valence-corrected chi connectivity index (χ0v) is 16.7. The van der Waals surface area contributed by atoms with Gasteiger partial charge in [-0.15, -0.1) is 0 Å². The molecule has 0 radical (unpaired) electrons. The van der Waals surface area contributed by atoms with Gasteiger partial charge in [0, 0.05) is 41.7 Å². The summed E-state index contributed by atoms with van der Waals surface area (Å²) in [5.41, 5.74) is 6.88. The Bertz CT molecular complexity index is 967. The second-order valence-corrected chi connectivity index (χ2v) is 8.52. The number of carbonyl (C=O) groups excluding carboxylic acids is 1. The zero-order valence-electron chi connectivity index (χ0n) is 14.3. The molecule has 27 heavy (non-hydrogen) atoms. The van der Waals surface area contributed by atoms with Crippen molar-refractivity contribution >= 4 is 49.2 Å². The molecule has 144 valence electrons.